The molecule has 1 aliphatic carbocycles. The van der Waals surface area contributed by atoms with E-state index in [4.69, 9.17) is 5.73 Å². The van der Waals surface area contributed by atoms with Crippen LogP contribution in [0.4, 0.5) is 0 Å². The highest BCUT2D eigenvalue weighted by Gasteiger charge is 2.34. The second kappa shape index (κ2) is 14.3. The van der Waals surface area contributed by atoms with Crippen LogP contribution in [-0.2, 0) is 4.79 Å². The first-order valence-electron chi connectivity index (χ1n) is 9.16. The van der Waals surface area contributed by atoms with Crippen LogP contribution in [0.2, 0.25) is 0 Å². The molecule has 1 heterocycles. The topological polar surface area (TPSA) is 61.6 Å². The molecular weight excluding hydrogens is 383 g/mol. The average molecular weight is 420 g/mol. The van der Waals surface area contributed by atoms with Gasteiger partial charge in [-0.2, -0.15) is 0 Å². The van der Waals surface area contributed by atoms with Crippen molar-refractivity contribution in [3.8, 4) is 0 Å². The Bertz CT molecular complexity index is 347. The van der Waals surface area contributed by atoms with Gasteiger partial charge in [0, 0.05) is 32.7 Å². The van der Waals surface area contributed by atoms with Gasteiger partial charge in [-0.1, -0.05) is 26.2 Å². The van der Waals surface area contributed by atoms with E-state index < -0.39 is 5.54 Å². The number of carbonyl (C=O) groups is 1. The number of unbranched alkanes of at least 4 members (excludes halogenated alkanes) is 1. The smallest absolute Gasteiger partial charge is 0.240 e. The van der Waals surface area contributed by atoms with Crippen LogP contribution in [0.5, 0.6) is 0 Å². The quantitative estimate of drug-likeness (QED) is 0.622. The number of rotatable bonds is 7. The Hall–Kier alpha value is 0.220. The van der Waals surface area contributed by atoms with Crippen LogP contribution in [0.3, 0.4) is 0 Å². The number of likely N-dealkylation sites (N-methyl/N-ethyl adjacent to an activating group) is 1. The second-order valence-electron chi connectivity index (χ2n) is 6.96. The normalized spacial score (nSPS) is 20.6. The second-order valence-corrected chi connectivity index (χ2v) is 6.96. The number of nitrogens with two attached hydrogens (primary N) is 1. The van der Waals surface area contributed by atoms with Crippen molar-refractivity contribution in [2.45, 2.75) is 57.4 Å². The summed E-state index contributed by atoms with van der Waals surface area (Å²) in [5, 5.41) is 3.06. The highest BCUT2D eigenvalue weighted by atomic mass is 35.5. The molecule has 0 bridgehead atoms. The van der Waals surface area contributed by atoms with Gasteiger partial charge in [-0.05, 0) is 38.8 Å². The zero-order valence-corrected chi connectivity index (χ0v) is 18.0. The van der Waals surface area contributed by atoms with Gasteiger partial charge in [0.1, 0.15) is 0 Å². The first-order valence-corrected chi connectivity index (χ1v) is 9.16. The third-order valence-electron chi connectivity index (χ3n) is 5.30. The van der Waals surface area contributed by atoms with Crippen molar-refractivity contribution >= 4 is 43.1 Å². The number of nitrogens with zero attached hydrogens (tertiary/aromatic N) is 2. The lowest BCUT2D eigenvalue weighted by atomic mass is 9.82. The molecule has 1 aliphatic heterocycles. The minimum Gasteiger partial charge on any atom is -0.355 e. The van der Waals surface area contributed by atoms with Crippen molar-refractivity contribution in [2.75, 3.05) is 45.8 Å². The van der Waals surface area contributed by atoms with Gasteiger partial charge >= 0.3 is 0 Å². The standard InChI is InChI=1S/C17H34N4O.3ClH/c1-2-20-12-14-21(15-13-20)11-7-6-10-19-16(22)17(18)8-4-3-5-9-17;;;/h2-15,18H2,1H3,(H,19,22);3*1H. The van der Waals surface area contributed by atoms with Crippen molar-refractivity contribution in [3.05, 3.63) is 0 Å². The zero-order valence-electron chi connectivity index (χ0n) is 15.5. The summed E-state index contributed by atoms with van der Waals surface area (Å²) in [5.41, 5.74) is 5.65. The molecule has 0 spiro atoms. The summed E-state index contributed by atoms with van der Waals surface area (Å²) < 4.78 is 0. The van der Waals surface area contributed by atoms with Crippen LogP contribution in [0.15, 0.2) is 0 Å². The molecule has 152 valence electrons. The molecule has 5 nitrogen and oxygen atoms in total. The lowest BCUT2D eigenvalue weighted by Gasteiger charge is -2.34. The van der Waals surface area contributed by atoms with Crippen LogP contribution >= 0.6 is 37.2 Å². The van der Waals surface area contributed by atoms with Crippen LogP contribution in [0.1, 0.15) is 51.9 Å². The third-order valence-corrected chi connectivity index (χ3v) is 5.30. The predicted octanol–water partition coefficient (Wildman–Crippen LogP) is 2.45. The highest BCUT2D eigenvalue weighted by Crippen LogP contribution is 2.25. The molecule has 0 aromatic carbocycles. The van der Waals surface area contributed by atoms with E-state index in [1.807, 2.05) is 0 Å². The number of hydrogen-bond acceptors (Lipinski definition) is 4. The molecule has 0 atom stereocenters. The van der Waals surface area contributed by atoms with E-state index in [-0.39, 0.29) is 43.1 Å². The lowest BCUT2D eigenvalue weighted by molar-refractivity contribution is -0.127. The summed E-state index contributed by atoms with van der Waals surface area (Å²) in [6.45, 7) is 10.1. The fourth-order valence-electron chi connectivity index (χ4n) is 3.58. The minimum atomic E-state index is -0.589. The van der Waals surface area contributed by atoms with Gasteiger partial charge in [0.05, 0.1) is 5.54 Å². The van der Waals surface area contributed by atoms with Crippen LogP contribution in [0, 0.1) is 0 Å². The Morgan fingerprint density at radius 3 is 2.08 bits per heavy atom. The first-order chi connectivity index (χ1) is 10.6. The van der Waals surface area contributed by atoms with Crippen LogP contribution in [-0.4, -0.2) is 67.1 Å². The van der Waals surface area contributed by atoms with Crippen LogP contribution in [0.25, 0.3) is 0 Å². The van der Waals surface area contributed by atoms with Gasteiger partial charge in [-0.3, -0.25) is 4.79 Å². The summed E-state index contributed by atoms with van der Waals surface area (Å²) >= 11 is 0. The Balaban J connectivity index is 0. The Labute approximate surface area is 172 Å². The molecule has 1 saturated heterocycles. The number of halogens is 3. The van der Waals surface area contributed by atoms with Crippen molar-refractivity contribution in [1.29, 1.82) is 0 Å². The Kier molecular flexibility index (Phi) is 15.7. The van der Waals surface area contributed by atoms with Crippen molar-refractivity contribution in [2.24, 2.45) is 5.73 Å². The van der Waals surface area contributed by atoms with Gasteiger partial charge in [0.25, 0.3) is 0 Å². The molecule has 2 fully saturated rings. The fraction of sp³-hybridized carbons (Fsp3) is 0.941. The summed E-state index contributed by atoms with van der Waals surface area (Å²) in [5.74, 6) is 0.0729. The van der Waals surface area contributed by atoms with E-state index in [1.165, 1.54) is 39.1 Å². The summed E-state index contributed by atoms with van der Waals surface area (Å²) in [7, 11) is 0. The molecule has 2 rings (SSSR count). The van der Waals surface area contributed by atoms with Gasteiger partial charge in [0.2, 0.25) is 5.91 Å². The van der Waals surface area contributed by atoms with E-state index in [1.54, 1.807) is 0 Å². The highest BCUT2D eigenvalue weighted by molar-refractivity contribution is 5.86. The molecule has 25 heavy (non-hydrogen) atoms. The van der Waals surface area contributed by atoms with E-state index in [2.05, 4.69) is 22.0 Å². The van der Waals surface area contributed by atoms with Crippen molar-refractivity contribution in [1.82, 2.24) is 15.1 Å². The number of piperazine rings is 1. The SMILES string of the molecule is CCN1CCN(CCCCNC(=O)C2(N)CCCCC2)CC1.Cl.Cl.Cl. The molecule has 1 amide bonds. The molecule has 8 heteroatoms. The third kappa shape index (κ3) is 9.12. The number of hydrogen-bond donors (Lipinski definition) is 2. The summed E-state index contributed by atoms with van der Waals surface area (Å²) in [6, 6.07) is 0. The van der Waals surface area contributed by atoms with E-state index in [0.29, 0.717) is 0 Å². The molecule has 3 N–H and O–H groups in total. The maximum atomic E-state index is 12.2. The molecule has 0 aromatic rings. The average Bonchev–Trinajstić information content (AvgIpc) is 2.55. The molecule has 1 saturated carbocycles. The van der Waals surface area contributed by atoms with E-state index >= 15 is 0 Å². The molecule has 0 radical (unpaired) electrons. The predicted molar refractivity (Wildman–Crippen MR) is 113 cm³/mol. The molecule has 2 aliphatic rings. The van der Waals surface area contributed by atoms with Gasteiger partial charge in [-0.25, -0.2) is 0 Å². The van der Waals surface area contributed by atoms with Gasteiger partial charge in [0.15, 0.2) is 0 Å². The number of amides is 1. The molecular formula is C17H37Cl3N4O. The van der Waals surface area contributed by atoms with Crippen molar-refractivity contribution < 1.29 is 4.79 Å². The fourth-order valence-corrected chi connectivity index (χ4v) is 3.58. The number of carbonyl (C=O) groups excluding carboxylic acids is 1. The minimum absolute atomic E-state index is 0. The summed E-state index contributed by atoms with van der Waals surface area (Å²) in [4.78, 5) is 17.2. The van der Waals surface area contributed by atoms with E-state index in [9.17, 15) is 4.79 Å². The molecule has 0 unspecified atom stereocenters. The van der Waals surface area contributed by atoms with Gasteiger partial charge < -0.3 is 20.9 Å². The van der Waals surface area contributed by atoms with Crippen molar-refractivity contribution in [3.63, 3.8) is 0 Å². The Morgan fingerprint density at radius 2 is 1.52 bits per heavy atom. The monoisotopic (exact) mass is 418 g/mol. The number of nitrogens with one attached hydrogen (secondary N) is 1. The van der Waals surface area contributed by atoms with E-state index in [0.717, 1.165) is 51.6 Å². The first kappa shape index (κ1) is 27.4. The lowest BCUT2D eigenvalue weighted by Crippen LogP contribution is -2.55. The van der Waals surface area contributed by atoms with Crippen LogP contribution < -0.4 is 11.1 Å². The molecule has 0 aromatic heterocycles. The largest absolute Gasteiger partial charge is 0.355 e. The maximum Gasteiger partial charge on any atom is 0.240 e. The zero-order chi connectivity index (χ0) is 15.8. The van der Waals surface area contributed by atoms with Gasteiger partial charge in [-0.15, -0.1) is 37.2 Å². The maximum absolute atomic E-state index is 12.2. The summed E-state index contributed by atoms with van der Waals surface area (Å²) in [6.07, 6.45) is 7.31. The Morgan fingerprint density at radius 1 is 0.960 bits per heavy atom.